The number of anilines is 1. The standard InChI is InChI=1S/C23H20Cl2N6O2S2/c1-3-10-31-20(13(2)26-21(33)15-9-8-14(24)11-16(15)25)29-30-23(31)34-12-19(32)28-22-27-17-6-4-5-7-18(17)35-22/h3-9,11,13H,1,10,12H2,2H3,(H,26,33)(H,27,28,32)/t13-/m0/s1. The molecule has 0 unspecified atom stereocenters. The molecule has 0 aliphatic carbocycles. The van der Waals surface area contributed by atoms with Gasteiger partial charge in [-0.1, -0.05) is 64.5 Å². The first-order chi connectivity index (χ1) is 16.9. The second-order valence-electron chi connectivity index (χ2n) is 7.38. The highest BCUT2D eigenvalue weighted by Crippen LogP contribution is 2.27. The molecule has 2 aromatic carbocycles. The summed E-state index contributed by atoms with van der Waals surface area (Å²) < 4.78 is 2.80. The summed E-state index contributed by atoms with van der Waals surface area (Å²) >= 11 is 14.7. The number of amides is 2. The van der Waals surface area contributed by atoms with E-state index in [1.807, 2.05) is 24.3 Å². The highest BCUT2D eigenvalue weighted by atomic mass is 35.5. The number of thiazole rings is 1. The lowest BCUT2D eigenvalue weighted by Gasteiger charge is -2.15. The quantitative estimate of drug-likeness (QED) is 0.209. The Balaban J connectivity index is 1.42. The third kappa shape index (κ3) is 6.02. The fraction of sp³-hybridized carbons (Fsp3) is 0.174. The minimum Gasteiger partial charge on any atom is -0.342 e. The molecule has 0 fully saturated rings. The van der Waals surface area contributed by atoms with E-state index in [4.69, 9.17) is 23.2 Å². The molecule has 35 heavy (non-hydrogen) atoms. The number of rotatable bonds is 9. The molecular weight excluding hydrogens is 527 g/mol. The Morgan fingerprint density at radius 3 is 2.77 bits per heavy atom. The van der Waals surface area contributed by atoms with Crippen LogP contribution in [0.3, 0.4) is 0 Å². The Morgan fingerprint density at radius 2 is 2.03 bits per heavy atom. The number of benzene rings is 2. The number of hydrogen-bond donors (Lipinski definition) is 2. The molecule has 1 atom stereocenters. The Kier molecular flexibility index (Phi) is 8.07. The summed E-state index contributed by atoms with van der Waals surface area (Å²) in [5.41, 5.74) is 1.14. The molecule has 2 heterocycles. The second-order valence-corrected chi connectivity index (χ2v) is 10.2. The molecule has 0 bridgehead atoms. The van der Waals surface area contributed by atoms with E-state index in [0.29, 0.717) is 33.2 Å². The van der Waals surface area contributed by atoms with Crippen molar-refractivity contribution in [1.82, 2.24) is 25.1 Å². The minimum absolute atomic E-state index is 0.117. The van der Waals surface area contributed by atoms with E-state index in [-0.39, 0.29) is 22.6 Å². The molecule has 0 spiro atoms. The van der Waals surface area contributed by atoms with Crippen molar-refractivity contribution in [2.24, 2.45) is 0 Å². The third-order valence-electron chi connectivity index (χ3n) is 4.84. The lowest BCUT2D eigenvalue weighted by atomic mass is 10.2. The highest BCUT2D eigenvalue weighted by molar-refractivity contribution is 7.99. The monoisotopic (exact) mass is 546 g/mol. The molecule has 8 nitrogen and oxygen atoms in total. The molecule has 0 aliphatic heterocycles. The summed E-state index contributed by atoms with van der Waals surface area (Å²) in [5, 5.41) is 15.9. The smallest absolute Gasteiger partial charge is 0.253 e. The normalized spacial score (nSPS) is 11.9. The zero-order valence-corrected chi connectivity index (χ0v) is 21.6. The largest absolute Gasteiger partial charge is 0.342 e. The molecular formula is C23H20Cl2N6O2S2. The van der Waals surface area contributed by atoms with E-state index >= 15 is 0 Å². The maximum absolute atomic E-state index is 12.7. The molecule has 12 heteroatoms. The summed E-state index contributed by atoms with van der Waals surface area (Å²) in [6, 6.07) is 11.9. The van der Waals surface area contributed by atoms with Crippen molar-refractivity contribution in [3.8, 4) is 0 Å². The lowest BCUT2D eigenvalue weighted by Crippen LogP contribution is -2.29. The van der Waals surface area contributed by atoms with Gasteiger partial charge < -0.3 is 15.2 Å². The number of nitrogens with one attached hydrogen (secondary N) is 2. The van der Waals surface area contributed by atoms with Gasteiger partial charge in [-0.3, -0.25) is 9.59 Å². The SMILES string of the molecule is C=CCn1c(SCC(=O)Nc2nc3ccccc3s2)nnc1[C@H](C)NC(=O)c1ccc(Cl)cc1Cl. The lowest BCUT2D eigenvalue weighted by molar-refractivity contribution is -0.113. The Labute approximate surface area is 219 Å². The van der Waals surface area contributed by atoms with Crippen molar-refractivity contribution in [1.29, 1.82) is 0 Å². The van der Waals surface area contributed by atoms with Gasteiger partial charge in [-0.05, 0) is 37.3 Å². The van der Waals surface area contributed by atoms with Crippen LogP contribution in [-0.4, -0.2) is 37.3 Å². The minimum atomic E-state index is -0.479. The Hall–Kier alpha value is -2.92. The third-order valence-corrected chi connectivity index (χ3v) is 7.31. The van der Waals surface area contributed by atoms with Crippen LogP contribution < -0.4 is 10.6 Å². The number of halogens is 2. The van der Waals surface area contributed by atoms with Crippen LogP contribution in [0.4, 0.5) is 5.13 Å². The first-order valence-corrected chi connectivity index (χ1v) is 13.0. The van der Waals surface area contributed by atoms with Crippen LogP contribution in [0, 0.1) is 0 Å². The van der Waals surface area contributed by atoms with Gasteiger partial charge in [-0.2, -0.15) is 0 Å². The predicted molar refractivity (Wildman–Crippen MR) is 142 cm³/mol. The molecule has 180 valence electrons. The van der Waals surface area contributed by atoms with E-state index in [1.165, 1.54) is 29.2 Å². The summed E-state index contributed by atoms with van der Waals surface area (Å²) in [7, 11) is 0. The van der Waals surface area contributed by atoms with Gasteiger partial charge in [0.15, 0.2) is 16.1 Å². The maximum Gasteiger partial charge on any atom is 0.253 e. The second kappa shape index (κ2) is 11.2. The van der Waals surface area contributed by atoms with Gasteiger partial charge in [0.2, 0.25) is 5.91 Å². The number of carbonyl (C=O) groups is 2. The molecule has 0 radical (unpaired) electrons. The summed E-state index contributed by atoms with van der Waals surface area (Å²) in [5.74, 6) is 0.0726. The first-order valence-electron chi connectivity index (χ1n) is 10.4. The fourth-order valence-corrected chi connectivity index (χ4v) is 5.38. The fourth-order valence-electron chi connectivity index (χ4n) is 3.25. The predicted octanol–water partition coefficient (Wildman–Crippen LogP) is 5.60. The zero-order chi connectivity index (χ0) is 24.9. The maximum atomic E-state index is 12.7. The number of fused-ring (bicyclic) bond motifs is 1. The molecule has 4 aromatic rings. The number of para-hydroxylation sites is 1. The Bertz CT molecular complexity index is 1370. The molecule has 4 rings (SSSR count). The van der Waals surface area contributed by atoms with E-state index < -0.39 is 6.04 Å². The number of allylic oxidation sites excluding steroid dienone is 1. The van der Waals surface area contributed by atoms with Crippen LogP contribution in [0.5, 0.6) is 0 Å². The first kappa shape index (κ1) is 25.2. The topological polar surface area (TPSA) is 102 Å². The summed E-state index contributed by atoms with van der Waals surface area (Å²) in [6.45, 7) is 5.99. The number of aromatic nitrogens is 4. The van der Waals surface area contributed by atoms with Crippen LogP contribution in [0.1, 0.15) is 29.1 Å². The number of nitrogens with zero attached hydrogens (tertiary/aromatic N) is 4. The van der Waals surface area contributed by atoms with Crippen molar-refractivity contribution in [3.63, 3.8) is 0 Å². The van der Waals surface area contributed by atoms with Crippen LogP contribution in [0.25, 0.3) is 10.2 Å². The molecule has 2 amide bonds. The average Bonchev–Trinajstić information content (AvgIpc) is 3.41. The van der Waals surface area contributed by atoms with Gasteiger partial charge in [0, 0.05) is 11.6 Å². The van der Waals surface area contributed by atoms with Gasteiger partial charge >= 0.3 is 0 Å². The van der Waals surface area contributed by atoms with Gasteiger partial charge in [0.1, 0.15) is 0 Å². The van der Waals surface area contributed by atoms with Crippen molar-refractivity contribution >= 4 is 73.5 Å². The zero-order valence-electron chi connectivity index (χ0n) is 18.5. The van der Waals surface area contributed by atoms with E-state index in [9.17, 15) is 9.59 Å². The van der Waals surface area contributed by atoms with Gasteiger partial charge in [-0.15, -0.1) is 16.8 Å². The summed E-state index contributed by atoms with van der Waals surface area (Å²) in [6.07, 6.45) is 1.70. The van der Waals surface area contributed by atoms with Crippen molar-refractivity contribution in [3.05, 3.63) is 76.6 Å². The van der Waals surface area contributed by atoms with Crippen molar-refractivity contribution in [2.45, 2.75) is 24.7 Å². The molecule has 0 aliphatic rings. The van der Waals surface area contributed by atoms with Crippen LogP contribution >= 0.6 is 46.3 Å². The van der Waals surface area contributed by atoms with E-state index in [1.54, 1.807) is 29.7 Å². The Morgan fingerprint density at radius 1 is 1.23 bits per heavy atom. The average molecular weight is 547 g/mol. The highest BCUT2D eigenvalue weighted by Gasteiger charge is 2.21. The van der Waals surface area contributed by atoms with Crippen LogP contribution in [0.15, 0.2) is 60.3 Å². The molecule has 0 saturated carbocycles. The summed E-state index contributed by atoms with van der Waals surface area (Å²) in [4.78, 5) is 29.6. The van der Waals surface area contributed by atoms with Gasteiger partial charge in [-0.25, -0.2) is 4.98 Å². The number of hydrogen-bond acceptors (Lipinski definition) is 7. The number of carbonyl (C=O) groups excluding carboxylic acids is 2. The van der Waals surface area contributed by atoms with Crippen molar-refractivity contribution in [2.75, 3.05) is 11.1 Å². The molecule has 2 N–H and O–H groups in total. The number of thioether (sulfide) groups is 1. The van der Waals surface area contributed by atoms with Crippen LogP contribution in [-0.2, 0) is 11.3 Å². The van der Waals surface area contributed by atoms with Gasteiger partial charge in [0.05, 0.1) is 32.6 Å². The van der Waals surface area contributed by atoms with Crippen molar-refractivity contribution < 1.29 is 9.59 Å². The van der Waals surface area contributed by atoms with Crippen LogP contribution in [0.2, 0.25) is 10.0 Å². The molecule has 2 aromatic heterocycles. The van der Waals surface area contributed by atoms with E-state index in [2.05, 4.69) is 32.4 Å². The van der Waals surface area contributed by atoms with Gasteiger partial charge in [0.25, 0.3) is 5.91 Å². The molecule has 0 saturated heterocycles. The van der Waals surface area contributed by atoms with E-state index in [0.717, 1.165) is 10.2 Å².